The summed E-state index contributed by atoms with van der Waals surface area (Å²) in [4.78, 5) is 26.7. The van der Waals surface area contributed by atoms with Crippen LogP contribution >= 0.6 is 0 Å². The zero-order valence-corrected chi connectivity index (χ0v) is 18.7. The molecule has 2 atom stereocenters. The van der Waals surface area contributed by atoms with E-state index in [0.717, 1.165) is 24.0 Å². The van der Waals surface area contributed by atoms with E-state index in [1.165, 1.54) is 0 Å². The monoisotopic (exact) mass is 420 g/mol. The highest BCUT2D eigenvalue weighted by Crippen LogP contribution is 2.41. The number of carbonyl (C=O) groups is 2. The largest absolute Gasteiger partial charge is 0.459 e. The number of rotatable bonds is 7. The van der Waals surface area contributed by atoms with Crippen molar-refractivity contribution in [1.82, 2.24) is 0 Å². The number of hydrogen-bond donors (Lipinski definition) is 0. The topological polar surface area (TPSA) is 52.6 Å². The van der Waals surface area contributed by atoms with Gasteiger partial charge in [0.1, 0.15) is 5.60 Å². The average Bonchev–Trinajstić information content (AvgIpc) is 2.75. The predicted octanol–water partition coefficient (Wildman–Crippen LogP) is 5.76. The first-order valence-corrected chi connectivity index (χ1v) is 11.0. The van der Waals surface area contributed by atoms with E-state index in [-0.39, 0.29) is 5.78 Å². The predicted molar refractivity (Wildman–Crippen MR) is 122 cm³/mol. The fourth-order valence-electron chi connectivity index (χ4n) is 3.94. The number of esters is 1. The first-order valence-electron chi connectivity index (χ1n) is 11.0. The Morgan fingerprint density at radius 3 is 2.29 bits per heavy atom. The molecule has 164 valence electrons. The Kier molecular flexibility index (Phi) is 7.45. The summed E-state index contributed by atoms with van der Waals surface area (Å²) in [5.41, 5.74) is -0.0396. The molecule has 4 nitrogen and oxygen atoms in total. The summed E-state index contributed by atoms with van der Waals surface area (Å²) in [6.07, 6.45) is 5.43. The third kappa shape index (κ3) is 5.92. The van der Waals surface area contributed by atoms with Crippen molar-refractivity contribution < 1.29 is 19.1 Å². The van der Waals surface area contributed by atoms with Gasteiger partial charge in [-0.1, -0.05) is 79.2 Å². The second kappa shape index (κ2) is 10.1. The smallest absolute Gasteiger partial charge is 0.323 e. The van der Waals surface area contributed by atoms with Crippen LogP contribution in [0, 0.1) is 5.41 Å². The van der Waals surface area contributed by atoms with E-state index in [9.17, 15) is 9.59 Å². The molecule has 0 saturated heterocycles. The quantitative estimate of drug-likeness (QED) is 0.422. The molecule has 0 heterocycles. The second-order valence-corrected chi connectivity index (χ2v) is 9.09. The van der Waals surface area contributed by atoms with Gasteiger partial charge in [0.05, 0.1) is 12.7 Å². The van der Waals surface area contributed by atoms with Gasteiger partial charge in [-0.05, 0) is 44.7 Å². The van der Waals surface area contributed by atoms with Crippen LogP contribution in [0.1, 0.15) is 57.6 Å². The SMILES string of the molecule is CC(C)(C)OC(=O)C1(C(/C=C/c2ccccc2)OCc2ccccc2)CCCCC1=O. The van der Waals surface area contributed by atoms with Gasteiger partial charge in [-0.15, -0.1) is 0 Å². The van der Waals surface area contributed by atoms with E-state index in [1.807, 2.05) is 93.6 Å². The van der Waals surface area contributed by atoms with Gasteiger partial charge in [0.25, 0.3) is 0 Å². The van der Waals surface area contributed by atoms with Gasteiger partial charge in [-0.2, -0.15) is 0 Å². The first-order chi connectivity index (χ1) is 14.8. The number of benzene rings is 2. The number of Topliss-reactive ketones (excluding diaryl/α,β-unsaturated/α-hetero) is 1. The lowest BCUT2D eigenvalue weighted by Gasteiger charge is -2.40. The van der Waals surface area contributed by atoms with Crippen molar-refractivity contribution in [2.24, 2.45) is 5.41 Å². The highest BCUT2D eigenvalue weighted by atomic mass is 16.6. The molecule has 0 aromatic heterocycles. The average molecular weight is 421 g/mol. The van der Waals surface area contributed by atoms with Crippen LogP contribution in [0.4, 0.5) is 0 Å². The van der Waals surface area contributed by atoms with E-state index < -0.39 is 23.1 Å². The summed E-state index contributed by atoms with van der Waals surface area (Å²) >= 11 is 0. The molecule has 0 N–H and O–H groups in total. The number of hydrogen-bond acceptors (Lipinski definition) is 4. The minimum Gasteiger partial charge on any atom is -0.459 e. The van der Waals surface area contributed by atoms with Crippen molar-refractivity contribution in [2.75, 3.05) is 0 Å². The van der Waals surface area contributed by atoms with Crippen LogP contribution in [-0.2, 0) is 25.7 Å². The maximum Gasteiger partial charge on any atom is 0.323 e. The molecule has 0 bridgehead atoms. The minimum absolute atomic E-state index is 0.0937. The molecule has 3 rings (SSSR count). The maximum atomic E-state index is 13.5. The molecule has 0 radical (unpaired) electrons. The van der Waals surface area contributed by atoms with E-state index in [2.05, 4.69) is 0 Å². The van der Waals surface area contributed by atoms with Gasteiger partial charge < -0.3 is 9.47 Å². The van der Waals surface area contributed by atoms with Gasteiger partial charge in [-0.25, -0.2) is 0 Å². The lowest BCUT2D eigenvalue weighted by molar-refractivity contribution is -0.181. The Hall–Kier alpha value is -2.72. The van der Waals surface area contributed by atoms with Crippen LogP contribution in [0.15, 0.2) is 66.7 Å². The van der Waals surface area contributed by atoms with E-state index in [4.69, 9.17) is 9.47 Å². The van der Waals surface area contributed by atoms with Crippen LogP contribution in [-0.4, -0.2) is 23.5 Å². The molecular weight excluding hydrogens is 388 g/mol. The Labute approximate surface area is 185 Å². The van der Waals surface area contributed by atoms with Gasteiger partial charge in [0.2, 0.25) is 0 Å². The van der Waals surface area contributed by atoms with Gasteiger partial charge >= 0.3 is 5.97 Å². The van der Waals surface area contributed by atoms with Crippen molar-refractivity contribution in [3.63, 3.8) is 0 Å². The molecule has 0 aliphatic heterocycles. The highest BCUT2D eigenvalue weighted by molar-refractivity contribution is 6.05. The van der Waals surface area contributed by atoms with Gasteiger partial charge in [-0.3, -0.25) is 9.59 Å². The van der Waals surface area contributed by atoms with Crippen molar-refractivity contribution in [1.29, 1.82) is 0 Å². The normalized spacial score (nSPS) is 20.5. The van der Waals surface area contributed by atoms with Gasteiger partial charge in [0, 0.05) is 6.42 Å². The van der Waals surface area contributed by atoms with E-state index >= 15 is 0 Å². The van der Waals surface area contributed by atoms with Crippen LogP contribution in [0.3, 0.4) is 0 Å². The second-order valence-electron chi connectivity index (χ2n) is 9.09. The Balaban J connectivity index is 1.97. The summed E-state index contributed by atoms with van der Waals surface area (Å²) < 4.78 is 12.1. The summed E-state index contributed by atoms with van der Waals surface area (Å²) in [7, 11) is 0. The van der Waals surface area contributed by atoms with E-state index in [0.29, 0.717) is 19.4 Å². The van der Waals surface area contributed by atoms with Crippen LogP contribution in [0.5, 0.6) is 0 Å². The molecular formula is C27H32O4. The Morgan fingerprint density at radius 2 is 1.68 bits per heavy atom. The summed E-state index contributed by atoms with van der Waals surface area (Å²) in [6.45, 7) is 5.78. The molecule has 0 amide bonds. The lowest BCUT2D eigenvalue weighted by atomic mass is 9.68. The van der Waals surface area contributed by atoms with Crippen molar-refractivity contribution in [3.05, 3.63) is 77.9 Å². The molecule has 1 aliphatic carbocycles. The van der Waals surface area contributed by atoms with Crippen LogP contribution < -0.4 is 0 Å². The Bertz CT molecular complexity index is 896. The summed E-state index contributed by atoms with van der Waals surface area (Å²) in [5, 5.41) is 0. The molecule has 2 unspecified atom stereocenters. The molecule has 1 fully saturated rings. The van der Waals surface area contributed by atoms with Crippen LogP contribution in [0.2, 0.25) is 0 Å². The molecule has 31 heavy (non-hydrogen) atoms. The summed E-state index contributed by atoms with van der Waals surface area (Å²) in [6, 6.07) is 19.6. The summed E-state index contributed by atoms with van der Waals surface area (Å²) in [5.74, 6) is -0.579. The highest BCUT2D eigenvalue weighted by Gasteiger charge is 2.54. The minimum atomic E-state index is -1.33. The molecule has 0 spiro atoms. The number of carbonyl (C=O) groups excluding carboxylic acids is 2. The number of ether oxygens (including phenoxy) is 2. The maximum absolute atomic E-state index is 13.5. The molecule has 2 aromatic rings. The molecule has 2 aromatic carbocycles. The Morgan fingerprint density at radius 1 is 1.03 bits per heavy atom. The standard InChI is InChI=1S/C27H32O4/c1-26(2,3)31-25(29)27(19-11-10-16-23(27)28)24(18-17-21-12-6-4-7-13-21)30-20-22-14-8-5-9-15-22/h4-9,12-15,17-18,24H,10-11,16,19-20H2,1-3H3/b18-17+. The third-order valence-electron chi connectivity index (χ3n) is 5.51. The van der Waals surface area contributed by atoms with E-state index in [1.54, 1.807) is 0 Å². The zero-order valence-electron chi connectivity index (χ0n) is 18.7. The fraction of sp³-hybridized carbons (Fsp3) is 0.407. The molecule has 1 saturated carbocycles. The van der Waals surface area contributed by atoms with Crippen molar-refractivity contribution in [2.45, 2.75) is 64.8 Å². The first kappa shape index (κ1) is 23.0. The van der Waals surface area contributed by atoms with Crippen molar-refractivity contribution >= 4 is 17.8 Å². The van der Waals surface area contributed by atoms with Crippen LogP contribution in [0.25, 0.3) is 6.08 Å². The zero-order chi connectivity index (χ0) is 22.3. The van der Waals surface area contributed by atoms with Gasteiger partial charge in [0.15, 0.2) is 11.2 Å². The third-order valence-corrected chi connectivity index (χ3v) is 5.51. The molecule has 1 aliphatic rings. The lowest BCUT2D eigenvalue weighted by Crippen LogP contribution is -2.53. The van der Waals surface area contributed by atoms with Crippen molar-refractivity contribution in [3.8, 4) is 0 Å². The fourth-order valence-corrected chi connectivity index (χ4v) is 3.94. The number of ketones is 1. The molecule has 4 heteroatoms.